The van der Waals surface area contributed by atoms with E-state index in [1.807, 2.05) is 27.7 Å². The maximum Gasteiger partial charge on any atom is 0.230 e. The monoisotopic (exact) mass is 300 g/mol. The fourth-order valence-corrected chi connectivity index (χ4v) is 1.41. The number of pyridine rings is 1. The van der Waals surface area contributed by atoms with Gasteiger partial charge in [0.05, 0.1) is 11.6 Å². The average molecular weight is 301 g/mol. The van der Waals surface area contributed by atoms with Gasteiger partial charge in [-0.1, -0.05) is 20.8 Å². The Labute approximate surface area is 110 Å². The van der Waals surface area contributed by atoms with Gasteiger partial charge in [-0.3, -0.25) is 4.79 Å². The standard InChI is InChI=1S/C12H17BrN2O2/c1-7-6-8(17-5)14-10(9(7)13)15-11(16)12(2,3)4/h6H,1-5H3,(H,14,15,16). The van der Waals surface area contributed by atoms with Crippen molar-refractivity contribution < 1.29 is 9.53 Å². The Morgan fingerprint density at radius 2 is 2.06 bits per heavy atom. The molecule has 17 heavy (non-hydrogen) atoms. The minimum Gasteiger partial charge on any atom is -0.481 e. The first-order chi connectivity index (χ1) is 7.75. The summed E-state index contributed by atoms with van der Waals surface area (Å²) in [6, 6.07) is 1.80. The van der Waals surface area contributed by atoms with Crippen LogP contribution in [0.5, 0.6) is 5.88 Å². The highest BCUT2D eigenvalue weighted by Gasteiger charge is 2.23. The summed E-state index contributed by atoms with van der Waals surface area (Å²) >= 11 is 3.41. The van der Waals surface area contributed by atoms with Gasteiger partial charge in [0.1, 0.15) is 0 Å². The molecule has 94 valence electrons. The second-order valence-electron chi connectivity index (χ2n) is 4.85. The number of nitrogens with zero attached hydrogens (tertiary/aromatic N) is 1. The highest BCUT2D eigenvalue weighted by atomic mass is 79.9. The van der Waals surface area contributed by atoms with Crippen LogP contribution in [0.2, 0.25) is 0 Å². The fraction of sp³-hybridized carbons (Fsp3) is 0.500. The highest BCUT2D eigenvalue weighted by Crippen LogP contribution is 2.29. The molecule has 0 radical (unpaired) electrons. The largest absolute Gasteiger partial charge is 0.481 e. The summed E-state index contributed by atoms with van der Waals surface area (Å²) in [7, 11) is 1.55. The number of halogens is 1. The van der Waals surface area contributed by atoms with Gasteiger partial charge in [-0.2, -0.15) is 4.98 Å². The summed E-state index contributed by atoms with van der Waals surface area (Å²) in [6.07, 6.45) is 0. The van der Waals surface area contributed by atoms with Crippen LogP contribution in [0.1, 0.15) is 26.3 Å². The molecule has 0 aliphatic carbocycles. The summed E-state index contributed by atoms with van der Waals surface area (Å²) < 4.78 is 5.85. The zero-order chi connectivity index (χ0) is 13.2. The molecule has 1 amide bonds. The van der Waals surface area contributed by atoms with Crippen molar-refractivity contribution in [3.05, 3.63) is 16.1 Å². The summed E-state index contributed by atoms with van der Waals surface area (Å²) in [5.41, 5.74) is 0.499. The SMILES string of the molecule is COc1cc(C)c(Br)c(NC(=O)C(C)(C)C)n1. The van der Waals surface area contributed by atoms with E-state index in [1.54, 1.807) is 13.2 Å². The van der Waals surface area contributed by atoms with Gasteiger partial charge in [-0.05, 0) is 28.4 Å². The van der Waals surface area contributed by atoms with Gasteiger partial charge < -0.3 is 10.1 Å². The normalized spacial score (nSPS) is 11.2. The molecule has 1 N–H and O–H groups in total. The van der Waals surface area contributed by atoms with Crippen molar-refractivity contribution in [2.45, 2.75) is 27.7 Å². The number of methoxy groups -OCH3 is 1. The first-order valence-corrected chi connectivity index (χ1v) is 6.07. The molecule has 0 saturated heterocycles. The number of carbonyl (C=O) groups is 1. The Morgan fingerprint density at radius 3 is 2.53 bits per heavy atom. The van der Waals surface area contributed by atoms with Crippen LogP contribution in [0.4, 0.5) is 5.82 Å². The lowest BCUT2D eigenvalue weighted by atomic mass is 9.96. The van der Waals surface area contributed by atoms with Gasteiger partial charge >= 0.3 is 0 Å². The second kappa shape index (κ2) is 5.04. The summed E-state index contributed by atoms with van der Waals surface area (Å²) in [6.45, 7) is 7.47. The molecule has 1 aromatic heterocycles. The van der Waals surface area contributed by atoms with E-state index in [1.165, 1.54) is 0 Å². The third-order valence-corrected chi connectivity index (χ3v) is 3.24. The molecular weight excluding hydrogens is 284 g/mol. The quantitative estimate of drug-likeness (QED) is 0.913. The van der Waals surface area contributed by atoms with Gasteiger partial charge in [0, 0.05) is 11.5 Å². The molecule has 0 fully saturated rings. The van der Waals surface area contributed by atoms with Gasteiger partial charge in [-0.15, -0.1) is 0 Å². The van der Waals surface area contributed by atoms with Gasteiger partial charge in [0.15, 0.2) is 5.82 Å². The van der Waals surface area contributed by atoms with Crippen molar-refractivity contribution in [2.24, 2.45) is 5.41 Å². The average Bonchev–Trinajstić information content (AvgIpc) is 2.22. The van der Waals surface area contributed by atoms with Crippen molar-refractivity contribution in [3.63, 3.8) is 0 Å². The number of hydrogen-bond donors (Lipinski definition) is 1. The molecule has 0 aliphatic heterocycles. The summed E-state index contributed by atoms with van der Waals surface area (Å²) in [5.74, 6) is 0.884. The molecular formula is C12H17BrN2O2. The molecule has 1 rings (SSSR count). The van der Waals surface area contributed by atoms with Crippen LogP contribution in [0.15, 0.2) is 10.5 Å². The van der Waals surface area contributed by atoms with Crippen LogP contribution in [-0.4, -0.2) is 18.0 Å². The van der Waals surface area contributed by atoms with Crippen LogP contribution >= 0.6 is 15.9 Å². The lowest BCUT2D eigenvalue weighted by molar-refractivity contribution is -0.123. The number of ether oxygens (including phenoxy) is 1. The lowest BCUT2D eigenvalue weighted by Gasteiger charge is -2.18. The third kappa shape index (κ3) is 3.43. The molecule has 4 nitrogen and oxygen atoms in total. The van der Waals surface area contributed by atoms with Crippen molar-refractivity contribution >= 4 is 27.7 Å². The Bertz CT molecular complexity index is 439. The first-order valence-electron chi connectivity index (χ1n) is 5.28. The summed E-state index contributed by atoms with van der Waals surface area (Å²) in [4.78, 5) is 16.1. The number of anilines is 1. The lowest BCUT2D eigenvalue weighted by Crippen LogP contribution is -2.28. The number of aryl methyl sites for hydroxylation is 1. The Hall–Kier alpha value is -1.10. The third-order valence-electron chi connectivity index (χ3n) is 2.24. The second-order valence-corrected chi connectivity index (χ2v) is 5.64. The van der Waals surface area contributed by atoms with Crippen LogP contribution in [-0.2, 0) is 4.79 Å². The highest BCUT2D eigenvalue weighted by molar-refractivity contribution is 9.10. The molecule has 5 heteroatoms. The predicted octanol–water partition coefficient (Wildman–Crippen LogP) is 3.15. The zero-order valence-electron chi connectivity index (χ0n) is 10.7. The minimum absolute atomic E-state index is 0.0849. The summed E-state index contributed by atoms with van der Waals surface area (Å²) in [5, 5.41) is 2.79. The molecule has 0 aliphatic rings. The van der Waals surface area contributed by atoms with E-state index >= 15 is 0 Å². The Morgan fingerprint density at radius 1 is 1.47 bits per heavy atom. The van der Waals surface area contributed by atoms with E-state index in [-0.39, 0.29) is 5.91 Å². The number of amides is 1. The molecule has 1 aromatic rings. The smallest absolute Gasteiger partial charge is 0.230 e. The van der Waals surface area contributed by atoms with E-state index < -0.39 is 5.41 Å². The van der Waals surface area contributed by atoms with E-state index in [4.69, 9.17) is 4.74 Å². The number of carbonyl (C=O) groups excluding carboxylic acids is 1. The van der Waals surface area contributed by atoms with Crippen molar-refractivity contribution in [2.75, 3.05) is 12.4 Å². The molecule has 0 atom stereocenters. The van der Waals surface area contributed by atoms with Crippen molar-refractivity contribution in [1.82, 2.24) is 4.98 Å². The number of hydrogen-bond acceptors (Lipinski definition) is 3. The Balaban J connectivity index is 3.06. The molecule has 1 heterocycles. The van der Waals surface area contributed by atoms with Gasteiger partial charge in [0.2, 0.25) is 11.8 Å². The first kappa shape index (κ1) is 14.0. The van der Waals surface area contributed by atoms with E-state index in [0.717, 1.165) is 10.0 Å². The number of rotatable bonds is 2. The topological polar surface area (TPSA) is 51.2 Å². The van der Waals surface area contributed by atoms with Crippen molar-refractivity contribution in [3.8, 4) is 5.88 Å². The Kier molecular flexibility index (Phi) is 4.14. The van der Waals surface area contributed by atoms with Crippen LogP contribution in [0.3, 0.4) is 0 Å². The minimum atomic E-state index is -0.460. The van der Waals surface area contributed by atoms with E-state index in [2.05, 4.69) is 26.2 Å². The van der Waals surface area contributed by atoms with E-state index in [0.29, 0.717) is 11.7 Å². The molecule has 0 bridgehead atoms. The maximum absolute atomic E-state index is 11.9. The molecule has 0 unspecified atom stereocenters. The molecule has 0 saturated carbocycles. The number of aromatic nitrogens is 1. The molecule has 0 spiro atoms. The predicted molar refractivity (Wildman–Crippen MR) is 71.3 cm³/mol. The zero-order valence-corrected chi connectivity index (χ0v) is 12.3. The maximum atomic E-state index is 11.9. The number of nitrogens with one attached hydrogen (secondary N) is 1. The van der Waals surface area contributed by atoms with Gasteiger partial charge in [-0.25, -0.2) is 0 Å². The van der Waals surface area contributed by atoms with Crippen LogP contribution < -0.4 is 10.1 Å². The molecule has 0 aromatic carbocycles. The van der Waals surface area contributed by atoms with Crippen LogP contribution in [0, 0.1) is 12.3 Å². The van der Waals surface area contributed by atoms with Crippen LogP contribution in [0.25, 0.3) is 0 Å². The van der Waals surface area contributed by atoms with Crippen molar-refractivity contribution in [1.29, 1.82) is 0 Å². The van der Waals surface area contributed by atoms with Gasteiger partial charge in [0.25, 0.3) is 0 Å². The van der Waals surface area contributed by atoms with E-state index in [9.17, 15) is 4.79 Å². The fourth-order valence-electron chi connectivity index (χ4n) is 1.11.